The maximum Gasteiger partial charge on any atom is 0.232 e. The number of pyridine rings is 1. The summed E-state index contributed by atoms with van der Waals surface area (Å²) in [5.74, 6) is 1.40. The Morgan fingerprint density at radius 2 is 1.71 bits per heavy atom. The largest absolute Gasteiger partial charge is 0.497 e. The minimum absolute atomic E-state index is 0.0207. The van der Waals surface area contributed by atoms with Crippen LogP contribution in [0.15, 0.2) is 65.6 Å². The van der Waals surface area contributed by atoms with Gasteiger partial charge >= 0.3 is 0 Å². The summed E-state index contributed by atoms with van der Waals surface area (Å²) in [6.07, 6.45) is 4.23. The molecular formula is C32H38N2O6S. The first-order valence-electron chi connectivity index (χ1n) is 13.4. The van der Waals surface area contributed by atoms with Crippen LogP contribution in [0.5, 0.6) is 17.4 Å². The molecule has 0 unspecified atom stereocenters. The van der Waals surface area contributed by atoms with Gasteiger partial charge in [0.2, 0.25) is 11.8 Å². The van der Waals surface area contributed by atoms with Crippen molar-refractivity contribution in [3.8, 4) is 17.4 Å². The van der Waals surface area contributed by atoms with E-state index in [2.05, 4.69) is 44.0 Å². The third kappa shape index (κ3) is 6.73. The van der Waals surface area contributed by atoms with Crippen LogP contribution < -0.4 is 14.2 Å². The van der Waals surface area contributed by atoms with Gasteiger partial charge in [-0.3, -0.25) is 4.79 Å². The molecule has 1 aromatic heterocycles. The lowest BCUT2D eigenvalue weighted by atomic mass is 9.86. The molecule has 2 aromatic carbocycles. The second-order valence-corrected chi connectivity index (χ2v) is 13.2. The molecule has 3 aromatic rings. The predicted octanol–water partition coefficient (Wildman–Crippen LogP) is 5.43. The highest BCUT2D eigenvalue weighted by molar-refractivity contribution is 7.90. The number of ether oxygens (including phenoxy) is 3. The number of rotatable bonds is 9. The van der Waals surface area contributed by atoms with Gasteiger partial charge in [-0.2, -0.15) is 0 Å². The molecule has 4 rings (SSSR count). The number of sulfone groups is 1. The number of likely N-dealkylation sites (tertiary alicyclic amines) is 1. The van der Waals surface area contributed by atoms with Gasteiger partial charge in [-0.05, 0) is 47.2 Å². The molecule has 0 radical (unpaired) electrons. The lowest BCUT2D eigenvalue weighted by Gasteiger charge is -2.25. The number of carbonyl (C=O) groups is 1. The van der Waals surface area contributed by atoms with Crippen LogP contribution in [0.2, 0.25) is 0 Å². The van der Waals surface area contributed by atoms with Crippen molar-refractivity contribution in [1.29, 1.82) is 0 Å². The molecule has 0 bridgehead atoms. The van der Waals surface area contributed by atoms with Crippen molar-refractivity contribution in [2.45, 2.75) is 56.5 Å². The molecule has 1 saturated heterocycles. The summed E-state index contributed by atoms with van der Waals surface area (Å²) >= 11 is 0. The van der Waals surface area contributed by atoms with Gasteiger partial charge in [-0.25, -0.2) is 13.4 Å². The maximum atomic E-state index is 13.1. The number of aromatic nitrogens is 1. The second kappa shape index (κ2) is 11.9. The van der Waals surface area contributed by atoms with Crippen molar-refractivity contribution in [2.75, 3.05) is 27.6 Å². The van der Waals surface area contributed by atoms with Crippen molar-refractivity contribution < 1.29 is 27.4 Å². The molecule has 41 heavy (non-hydrogen) atoms. The summed E-state index contributed by atoms with van der Waals surface area (Å²) in [5.41, 5.74) is 4.28. The van der Waals surface area contributed by atoms with Crippen LogP contribution in [0.1, 0.15) is 56.0 Å². The fourth-order valence-electron chi connectivity index (χ4n) is 4.98. The number of benzene rings is 2. The summed E-state index contributed by atoms with van der Waals surface area (Å²) in [6, 6.07) is 16.8. The topological polar surface area (TPSA) is 95.0 Å². The Bertz CT molecular complexity index is 1560. The predicted molar refractivity (Wildman–Crippen MR) is 159 cm³/mol. The van der Waals surface area contributed by atoms with Crippen molar-refractivity contribution in [3.63, 3.8) is 0 Å². The lowest BCUT2D eigenvalue weighted by molar-refractivity contribution is -0.129. The Morgan fingerprint density at radius 3 is 2.29 bits per heavy atom. The molecule has 1 amide bonds. The van der Waals surface area contributed by atoms with Crippen LogP contribution in [0, 0.1) is 0 Å². The number of methoxy groups -OCH3 is 3. The first-order chi connectivity index (χ1) is 19.3. The second-order valence-electron chi connectivity index (χ2n) is 11.2. The molecule has 1 atom stereocenters. The zero-order valence-electron chi connectivity index (χ0n) is 24.7. The van der Waals surface area contributed by atoms with E-state index in [1.165, 1.54) is 18.7 Å². The molecule has 0 N–H and O–H groups in total. The van der Waals surface area contributed by atoms with Crippen LogP contribution in [0.4, 0.5) is 0 Å². The van der Waals surface area contributed by atoms with Gasteiger partial charge in [0, 0.05) is 36.4 Å². The smallest absolute Gasteiger partial charge is 0.232 e. The highest BCUT2D eigenvalue weighted by Crippen LogP contribution is 2.34. The normalized spacial score (nSPS) is 16.2. The van der Waals surface area contributed by atoms with Crippen LogP contribution in [-0.2, 0) is 26.6 Å². The zero-order chi connectivity index (χ0) is 29.9. The van der Waals surface area contributed by atoms with E-state index in [4.69, 9.17) is 14.2 Å². The van der Waals surface area contributed by atoms with E-state index in [0.29, 0.717) is 36.6 Å². The van der Waals surface area contributed by atoms with Gasteiger partial charge in [-0.15, -0.1) is 0 Å². The molecule has 9 heteroatoms. The summed E-state index contributed by atoms with van der Waals surface area (Å²) in [6.45, 7) is 6.84. The molecule has 218 valence electrons. The van der Waals surface area contributed by atoms with Crippen LogP contribution in [0.3, 0.4) is 0 Å². The molecule has 0 saturated carbocycles. The standard InChI is InChI=1S/C32H38N2O6S/c1-32(2,3)23-11-8-21(9-12-23)26(27-15-16-29(41(7,36)37)31(33-27)40-6)18-24-13-17-30(35)34(24)20-22-10-14-25(38-4)19-28(22)39-5/h8-12,14-16,18-19,24H,13,17,20H2,1-7H3/t24-/m1/s1. The summed E-state index contributed by atoms with van der Waals surface area (Å²) < 4.78 is 40.9. The van der Waals surface area contributed by atoms with Gasteiger partial charge in [0.25, 0.3) is 0 Å². The zero-order valence-corrected chi connectivity index (χ0v) is 25.5. The monoisotopic (exact) mass is 578 g/mol. The number of nitrogens with zero attached hydrogens (tertiary/aromatic N) is 2. The van der Waals surface area contributed by atoms with E-state index in [9.17, 15) is 13.2 Å². The fraction of sp³-hybridized carbons (Fsp3) is 0.375. The number of hydrogen-bond donors (Lipinski definition) is 0. The van der Waals surface area contributed by atoms with Gasteiger partial charge in [-0.1, -0.05) is 51.1 Å². The summed E-state index contributed by atoms with van der Waals surface area (Å²) in [7, 11) is 1.06. The number of hydrogen-bond acceptors (Lipinski definition) is 7. The van der Waals surface area contributed by atoms with E-state index in [-0.39, 0.29) is 28.1 Å². The number of amides is 1. The fourth-order valence-corrected chi connectivity index (χ4v) is 5.74. The molecule has 2 heterocycles. The Hall–Kier alpha value is -3.85. The molecular weight excluding hydrogens is 540 g/mol. The SMILES string of the molecule is COc1ccc(CN2C(=O)CC[C@@H]2C=C(c2ccc(C(C)(C)C)cc2)c2ccc(S(C)(=O)=O)c(OC)n2)c(OC)c1. The van der Waals surface area contributed by atoms with E-state index in [1.807, 2.05) is 35.2 Å². The van der Waals surface area contributed by atoms with Gasteiger partial charge < -0.3 is 19.1 Å². The van der Waals surface area contributed by atoms with Gasteiger partial charge in [0.05, 0.1) is 33.1 Å². The first kappa shape index (κ1) is 30.1. The van der Waals surface area contributed by atoms with Gasteiger partial charge in [0.15, 0.2) is 9.84 Å². The summed E-state index contributed by atoms with van der Waals surface area (Å²) in [5, 5.41) is 0. The highest BCUT2D eigenvalue weighted by Gasteiger charge is 2.31. The average molecular weight is 579 g/mol. The third-order valence-electron chi connectivity index (χ3n) is 7.32. The molecule has 0 aliphatic carbocycles. The van der Waals surface area contributed by atoms with Crippen molar-refractivity contribution in [1.82, 2.24) is 9.88 Å². The van der Waals surface area contributed by atoms with E-state index >= 15 is 0 Å². The molecule has 0 spiro atoms. The minimum Gasteiger partial charge on any atom is -0.497 e. The maximum absolute atomic E-state index is 13.1. The van der Waals surface area contributed by atoms with E-state index in [0.717, 1.165) is 23.0 Å². The molecule has 1 fully saturated rings. The Kier molecular flexibility index (Phi) is 8.77. The van der Waals surface area contributed by atoms with Gasteiger partial charge in [0.1, 0.15) is 16.4 Å². The van der Waals surface area contributed by atoms with Crippen LogP contribution >= 0.6 is 0 Å². The molecule has 1 aliphatic heterocycles. The van der Waals surface area contributed by atoms with E-state index in [1.54, 1.807) is 20.3 Å². The first-order valence-corrected chi connectivity index (χ1v) is 15.3. The van der Waals surface area contributed by atoms with Crippen LogP contribution in [0.25, 0.3) is 5.57 Å². The Balaban J connectivity index is 1.81. The quantitative estimate of drug-likeness (QED) is 0.334. The highest BCUT2D eigenvalue weighted by atomic mass is 32.2. The van der Waals surface area contributed by atoms with Crippen molar-refractivity contribution in [3.05, 3.63) is 83.1 Å². The Labute approximate surface area is 242 Å². The third-order valence-corrected chi connectivity index (χ3v) is 8.43. The van der Waals surface area contributed by atoms with E-state index < -0.39 is 9.84 Å². The van der Waals surface area contributed by atoms with Crippen molar-refractivity contribution in [2.24, 2.45) is 0 Å². The Morgan fingerprint density at radius 1 is 1.00 bits per heavy atom. The molecule has 1 aliphatic rings. The summed E-state index contributed by atoms with van der Waals surface area (Å²) in [4.78, 5) is 19.6. The average Bonchev–Trinajstić information content (AvgIpc) is 3.28. The van der Waals surface area contributed by atoms with Crippen molar-refractivity contribution >= 4 is 21.3 Å². The van der Waals surface area contributed by atoms with Crippen LogP contribution in [-0.4, -0.2) is 57.8 Å². The minimum atomic E-state index is -3.54. The number of carbonyl (C=O) groups excluding carboxylic acids is 1. The molecule has 8 nitrogen and oxygen atoms in total. The lowest BCUT2D eigenvalue weighted by Crippen LogP contribution is -2.31.